The van der Waals surface area contributed by atoms with E-state index in [1.165, 1.54) is 0 Å². The minimum absolute atomic E-state index is 0. The molecule has 3 heterocycles. The molecule has 0 aliphatic carbocycles. The molecule has 17 heteroatoms. The predicted molar refractivity (Wildman–Crippen MR) is 202 cm³/mol. The fourth-order valence-corrected chi connectivity index (χ4v) is 5.48. The first kappa shape index (κ1) is 39.5. The van der Waals surface area contributed by atoms with Gasteiger partial charge in [0.25, 0.3) is 23.6 Å². The van der Waals surface area contributed by atoms with Crippen molar-refractivity contribution in [3.63, 3.8) is 0 Å². The highest BCUT2D eigenvalue weighted by Crippen LogP contribution is 2.21. The molecule has 6 N–H and O–H groups in total. The van der Waals surface area contributed by atoms with Gasteiger partial charge in [-0.05, 0) is 42.5 Å². The van der Waals surface area contributed by atoms with E-state index in [-0.39, 0.29) is 35.6 Å². The van der Waals surface area contributed by atoms with Crippen molar-refractivity contribution in [2.45, 2.75) is 6.42 Å². The monoisotopic (exact) mass is 746 g/mol. The van der Waals surface area contributed by atoms with Crippen LogP contribution in [0.25, 0.3) is 0 Å². The fourth-order valence-electron chi connectivity index (χ4n) is 5.07. The molecule has 4 rings (SSSR count). The lowest BCUT2D eigenvalue weighted by Gasteiger charge is -2.22. The Morgan fingerprint density at radius 1 is 0.720 bits per heavy atom. The largest absolute Gasteiger partial charge is 0.387 e. The highest BCUT2D eigenvalue weighted by atomic mass is 35.5. The number of alkyl halides is 2. The molecule has 0 spiro atoms. The van der Waals surface area contributed by atoms with Gasteiger partial charge in [-0.1, -0.05) is 0 Å². The van der Waals surface area contributed by atoms with Gasteiger partial charge >= 0.3 is 0 Å². The van der Waals surface area contributed by atoms with Crippen molar-refractivity contribution < 1.29 is 19.2 Å². The number of amides is 4. The zero-order valence-electron chi connectivity index (χ0n) is 28.1. The normalized spacial score (nSPS) is 11.0. The molecule has 4 aromatic rings. The minimum Gasteiger partial charge on any atom is -0.387 e. The fraction of sp³-hybridized carbons (Fsp3) is 0.303. The molecule has 0 saturated carbocycles. The minimum atomic E-state index is -0.436. The van der Waals surface area contributed by atoms with Gasteiger partial charge in [-0.25, -0.2) is 0 Å². The van der Waals surface area contributed by atoms with Crippen LogP contribution < -0.4 is 31.9 Å². The molecule has 268 valence electrons. The Balaban J connectivity index is 0.00000676. The molecule has 0 saturated heterocycles. The number of aryl methyl sites for hydroxylation is 3. The molecule has 0 radical (unpaired) electrons. The molecular weight excluding hydrogens is 707 g/mol. The Morgan fingerprint density at radius 3 is 1.56 bits per heavy atom. The third-order valence-electron chi connectivity index (χ3n) is 7.64. The van der Waals surface area contributed by atoms with Crippen LogP contribution >= 0.6 is 35.6 Å². The lowest BCUT2D eigenvalue weighted by atomic mass is 10.1. The Hall–Kier alpha value is -4.92. The topological polar surface area (TPSA) is 173 Å². The first-order chi connectivity index (χ1) is 23.4. The maximum atomic E-state index is 13.2. The number of hydrogen-bond donors (Lipinski definition) is 5. The van der Waals surface area contributed by atoms with Crippen LogP contribution in [0, 0.1) is 0 Å². The van der Waals surface area contributed by atoms with Gasteiger partial charge in [0, 0.05) is 95.8 Å². The summed E-state index contributed by atoms with van der Waals surface area (Å²) in [5.74, 6) is -0.179. The van der Waals surface area contributed by atoms with Crippen molar-refractivity contribution in [3.05, 3.63) is 83.7 Å². The molecule has 1 aromatic carbocycles. The highest BCUT2D eigenvalue weighted by molar-refractivity contribution is 6.18. The number of rotatable bonds is 15. The molecule has 14 nitrogen and oxygen atoms in total. The maximum Gasteiger partial charge on any atom is 0.272 e. The van der Waals surface area contributed by atoms with Gasteiger partial charge in [0.2, 0.25) is 0 Å². The molecule has 0 fully saturated rings. The summed E-state index contributed by atoms with van der Waals surface area (Å²) in [5.41, 5.74) is 9.21. The van der Waals surface area contributed by atoms with Crippen LogP contribution in [0.15, 0.2) is 66.0 Å². The van der Waals surface area contributed by atoms with Crippen LogP contribution in [-0.2, 0) is 21.1 Å². The van der Waals surface area contributed by atoms with Crippen LogP contribution in [0.3, 0.4) is 0 Å². The van der Waals surface area contributed by atoms with Crippen LogP contribution in [0.5, 0.6) is 0 Å². The van der Waals surface area contributed by atoms with E-state index in [0.29, 0.717) is 72.0 Å². The summed E-state index contributed by atoms with van der Waals surface area (Å²) >= 11 is 11.8. The van der Waals surface area contributed by atoms with Crippen molar-refractivity contribution in [2.75, 3.05) is 59.3 Å². The third kappa shape index (κ3) is 10.1. The van der Waals surface area contributed by atoms with E-state index in [0.717, 1.165) is 5.69 Å². The number of nitrogens with one attached hydrogen (secondary N) is 4. The summed E-state index contributed by atoms with van der Waals surface area (Å²) in [6.07, 6.45) is 5.29. The second-order valence-corrected chi connectivity index (χ2v) is 11.9. The number of amidine groups is 1. The summed E-state index contributed by atoms with van der Waals surface area (Å²) in [7, 11) is 6.65. The number of carbonyl (C=O) groups is 4. The zero-order chi connectivity index (χ0) is 35.7. The van der Waals surface area contributed by atoms with Crippen molar-refractivity contribution in [1.82, 2.24) is 19.0 Å². The van der Waals surface area contributed by atoms with E-state index in [1.807, 2.05) is 17.0 Å². The van der Waals surface area contributed by atoms with Crippen LogP contribution in [0.4, 0.5) is 22.7 Å². The van der Waals surface area contributed by atoms with Crippen molar-refractivity contribution in [1.29, 1.82) is 0 Å². The molecule has 0 aliphatic rings. The molecular formula is C33H41Cl3N10O4. The SMILES string of the molecule is CN=C(N)CCNC(=O)c1cc(NC(=O)c2cc(NC(=O)c3cc(NC(=O)c4ccc(N(CCCl)CCCl)cc4)cn3C)cn2C)cn1C.Cl. The van der Waals surface area contributed by atoms with Gasteiger partial charge in [-0.2, -0.15) is 0 Å². The summed E-state index contributed by atoms with van der Waals surface area (Å²) < 4.78 is 4.77. The predicted octanol–water partition coefficient (Wildman–Crippen LogP) is 4.27. The van der Waals surface area contributed by atoms with Gasteiger partial charge < -0.3 is 45.6 Å². The molecule has 4 amide bonds. The molecule has 0 unspecified atom stereocenters. The quantitative estimate of drug-likeness (QED) is 0.0691. The number of nitrogens with zero attached hydrogens (tertiary/aromatic N) is 5. The number of aromatic nitrogens is 3. The van der Waals surface area contributed by atoms with Crippen LogP contribution in [0.2, 0.25) is 0 Å². The number of aliphatic imine (C=N–C) groups is 1. The Kier molecular flexibility index (Phi) is 14.4. The van der Waals surface area contributed by atoms with Crippen LogP contribution in [0.1, 0.15) is 48.2 Å². The Bertz CT molecular complexity index is 1840. The first-order valence-corrected chi connectivity index (χ1v) is 16.4. The Labute approximate surface area is 306 Å². The average Bonchev–Trinajstić information content (AvgIpc) is 3.75. The summed E-state index contributed by atoms with van der Waals surface area (Å²) in [5, 5.41) is 11.2. The molecule has 50 heavy (non-hydrogen) atoms. The molecule has 0 bridgehead atoms. The smallest absolute Gasteiger partial charge is 0.272 e. The van der Waals surface area contributed by atoms with Crippen molar-refractivity contribution in [2.24, 2.45) is 31.9 Å². The molecule has 3 aromatic heterocycles. The number of benzene rings is 1. The summed E-state index contributed by atoms with van der Waals surface area (Å²) in [6, 6.07) is 11.8. The Morgan fingerprint density at radius 2 is 1.14 bits per heavy atom. The summed E-state index contributed by atoms with van der Waals surface area (Å²) in [6.45, 7) is 1.59. The van der Waals surface area contributed by atoms with E-state index >= 15 is 0 Å². The second kappa shape index (κ2) is 18.2. The van der Waals surface area contributed by atoms with Crippen molar-refractivity contribution >= 4 is 87.8 Å². The second-order valence-electron chi connectivity index (χ2n) is 11.2. The van der Waals surface area contributed by atoms with Crippen molar-refractivity contribution in [3.8, 4) is 0 Å². The number of halogens is 3. The van der Waals surface area contributed by atoms with E-state index < -0.39 is 11.8 Å². The van der Waals surface area contributed by atoms with Gasteiger partial charge in [0.1, 0.15) is 17.1 Å². The number of nitrogens with two attached hydrogens (primary N) is 1. The zero-order valence-corrected chi connectivity index (χ0v) is 30.5. The lowest BCUT2D eigenvalue weighted by molar-refractivity contribution is 0.0944. The number of anilines is 4. The van der Waals surface area contributed by atoms with E-state index in [2.05, 4.69) is 26.3 Å². The molecule has 0 aliphatic heterocycles. The van der Waals surface area contributed by atoms with Gasteiger partial charge in [-0.15, -0.1) is 35.6 Å². The highest BCUT2D eigenvalue weighted by Gasteiger charge is 2.19. The van der Waals surface area contributed by atoms with Gasteiger partial charge in [0.05, 0.1) is 22.9 Å². The molecule has 0 atom stereocenters. The summed E-state index contributed by atoms with van der Waals surface area (Å²) in [4.78, 5) is 57.8. The average molecular weight is 748 g/mol. The van der Waals surface area contributed by atoms with Gasteiger partial charge in [-0.3, -0.25) is 24.2 Å². The number of hydrogen-bond acceptors (Lipinski definition) is 6. The number of carbonyl (C=O) groups excluding carboxylic acids is 4. The lowest BCUT2D eigenvalue weighted by Crippen LogP contribution is -2.29. The third-order valence-corrected chi connectivity index (χ3v) is 7.98. The van der Waals surface area contributed by atoms with Gasteiger partial charge in [0.15, 0.2) is 0 Å². The first-order valence-electron chi connectivity index (χ1n) is 15.3. The maximum absolute atomic E-state index is 13.2. The van der Waals surface area contributed by atoms with E-state index in [1.54, 1.807) is 90.8 Å². The van der Waals surface area contributed by atoms with E-state index in [9.17, 15) is 19.2 Å². The van der Waals surface area contributed by atoms with Crippen LogP contribution in [-0.4, -0.2) is 81.6 Å². The standard InChI is InChI=1S/C33H40Cl2N10O4.ClH/c1-37-29(36)9-12-38-31(47)26-15-23(19-42(26)2)40-33(49)28-17-24(20-44(28)4)41-32(48)27-16-22(18-43(27)3)39-30(46)21-5-7-25(8-6-21)45(13-10-34)14-11-35;/h5-8,15-20H,9-14H2,1-4H3,(H2,36,37)(H,38,47)(H,39,46)(H,40,49)(H,41,48);1H. The van der Waals surface area contributed by atoms with E-state index in [4.69, 9.17) is 28.9 Å².